The van der Waals surface area contributed by atoms with Crippen molar-refractivity contribution in [2.24, 2.45) is 0 Å². The average molecular weight is 381 g/mol. The Morgan fingerprint density at radius 1 is 1.18 bits per heavy atom. The Hall–Kier alpha value is -2.51. The Bertz CT molecular complexity index is 842. The van der Waals surface area contributed by atoms with E-state index in [2.05, 4.69) is 39.1 Å². The number of rotatable bonds is 3. The molecule has 2 fully saturated rings. The number of nitrogen functional groups attached to an aromatic ring is 1. The largest absolute Gasteiger partial charge is 0.378 e. The van der Waals surface area contributed by atoms with Crippen molar-refractivity contribution < 1.29 is 9.53 Å². The number of aromatic nitrogens is 2. The number of carbonyl (C=O) groups is 1. The number of nitrogens with zero attached hydrogens (tertiary/aromatic N) is 4. The van der Waals surface area contributed by atoms with Crippen molar-refractivity contribution in [3.05, 3.63) is 53.3 Å². The second-order valence-electron chi connectivity index (χ2n) is 7.80. The van der Waals surface area contributed by atoms with Crippen LogP contribution in [0.15, 0.2) is 36.4 Å². The molecule has 0 radical (unpaired) electrons. The van der Waals surface area contributed by atoms with Gasteiger partial charge in [-0.15, -0.1) is 0 Å². The number of anilines is 1. The number of ether oxygens (including phenoxy) is 1. The molecular formula is C21H27N5O2. The molecule has 0 unspecified atom stereocenters. The van der Waals surface area contributed by atoms with Crippen molar-refractivity contribution >= 4 is 11.9 Å². The summed E-state index contributed by atoms with van der Waals surface area (Å²) in [5.41, 5.74) is 8.26. The minimum absolute atomic E-state index is 0.0857. The Morgan fingerprint density at radius 2 is 1.96 bits per heavy atom. The van der Waals surface area contributed by atoms with Gasteiger partial charge in [0.2, 0.25) is 5.95 Å². The van der Waals surface area contributed by atoms with Gasteiger partial charge in [0.1, 0.15) is 5.69 Å². The number of carbonyl (C=O) groups excluding carboxylic acids is 1. The lowest BCUT2D eigenvalue weighted by Crippen LogP contribution is -2.60. The Kier molecular flexibility index (Phi) is 5.28. The molecule has 0 bridgehead atoms. The third kappa shape index (κ3) is 3.72. The summed E-state index contributed by atoms with van der Waals surface area (Å²) in [7, 11) is 0. The molecule has 2 N–H and O–H groups in total. The van der Waals surface area contributed by atoms with Crippen molar-refractivity contribution in [3.63, 3.8) is 0 Å². The van der Waals surface area contributed by atoms with Crippen LogP contribution in [-0.4, -0.2) is 64.6 Å². The van der Waals surface area contributed by atoms with E-state index in [4.69, 9.17) is 10.5 Å². The standard InChI is InChI=1S/C21H27N5O2/c1-14(2)17-10-18(24-21(22)23-17)20(27)25-8-9-26-16(11-25)12-28-13-19(26)15-6-4-3-5-7-15/h3-7,10,14,16,19H,8-9,11-13H2,1-2H3,(H2,22,23,24)/t16-,19-/m1/s1. The van der Waals surface area contributed by atoms with Gasteiger partial charge in [0.15, 0.2) is 0 Å². The molecule has 0 aliphatic carbocycles. The third-order valence-corrected chi connectivity index (χ3v) is 5.56. The molecule has 2 aliphatic heterocycles. The van der Waals surface area contributed by atoms with Crippen LogP contribution >= 0.6 is 0 Å². The zero-order valence-electron chi connectivity index (χ0n) is 16.4. The molecule has 0 saturated carbocycles. The van der Waals surface area contributed by atoms with Crippen LogP contribution in [0.5, 0.6) is 0 Å². The van der Waals surface area contributed by atoms with E-state index < -0.39 is 0 Å². The summed E-state index contributed by atoms with van der Waals surface area (Å²) in [6, 6.07) is 12.6. The number of piperazine rings is 1. The second kappa shape index (κ2) is 7.85. The fourth-order valence-corrected chi connectivity index (χ4v) is 4.04. The zero-order valence-corrected chi connectivity index (χ0v) is 16.4. The molecule has 7 nitrogen and oxygen atoms in total. The van der Waals surface area contributed by atoms with Gasteiger partial charge in [0.05, 0.1) is 25.3 Å². The summed E-state index contributed by atoms with van der Waals surface area (Å²) in [6.07, 6.45) is 0. The monoisotopic (exact) mass is 381 g/mol. The van der Waals surface area contributed by atoms with Crippen molar-refractivity contribution in [1.82, 2.24) is 19.8 Å². The quantitative estimate of drug-likeness (QED) is 0.876. The summed E-state index contributed by atoms with van der Waals surface area (Å²) in [4.78, 5) is 25.8. The zero-order chi connectivity index (χ0) is 19.7. The molecule has 2 atom stereocenters. The fraction of sp³-hybridized carbons (Fsp3) is 0.476. The molecule has 3 heterocycles. The smallest absolute Gasteiger partial charge is 0.272 e. The van der Waals surface area contributed by atoms with Gasteiger partial charge in [-0.1, -0.05) is 44.2 Å². The summed E-state index contributed by atoms with van der Waals surface area (Å²) < 4.78 is 5.88. The first-order valence-electron chi connectivity index (χ1n) is 9.85. The molecule has 28 heavy (non-hydrogen) atoms. The SMILES string of the molecule is CC(C)c1cc(C(=O)N2CCN3[C@@H](COC[C@@H]3c3ccccc3)C2)nc(N)n1. The van der Waals surface area contributed by atoms with Crippen molar-refractivity contribution in [1.29, 1.82) is 0 Å². The summed E-state index contributed by atoms with van der Waals surface area (Å²) in [6.45, 7) is 7.49. The Labute approximate surface area is 165 Å². The molecule has 2 aromatic rings. The van der Waals surface area contributed by atoms with Crippen LogP contribution in [0.2, 0.25) is 0 Å². The third-order valence-electron chi connectivity index (χ3n) is 5.56. The summed E-state index contributed by atoms with van der Waals surface area (Å²) >= 11 is 0. The predicted molar refractivity (Wildman–Crippen MR) is 107 cm³/mol. The molecule has 0 spiro atoms. The van der Waals surface area contributed by atoms with Crippen LogP contribution in [0, 0.1) is 0 Å². The van der Waals surface area contributed by atoms with Crippen LogP contribution in [0.25, 0.3) is 0 Å². The Balaban J connectivity index is 1.50. The molecule has 4 rings (SSSR count). The van der Waals surface area contributed by atoms with Crippen molar-refractivity contribution in [2.45, 2.75) is 31.8 Å². The van der Waals surface area contributed by atoms with Crippen molar-refractivity contribution in [3.8, 4) is 0 Å². The molecule has 1 aromatic heterocycles. The number of nitrogens with two attached hydrogens (primary N) is 1. The normalized spacial score (nSPS) is 22.9. The first-order chi connectivity index (χ1) is 13.5. The second-order valence-corrected chi connectivity index (χ2v) is 7.80. The van der Waals surface area contributed by atoms with E-state index in [1.807, 2.05) is 24.8 Å². The summed E-state index contributed by atoms with van der Waals surface area (Å²) in [5.74, 6) is 0.253. The minimum atomic E-state index is -0.0857. The van der Waals surface area contributed by atoms with Crippen LogP contribution < -0.4 is 5.73 Å². The number of hydrogen-bond donors (Lipinski definition) is 1. The molecule has 2 aliphatic rings. The van der Waals surface area contributed by atoms with E-state index >= 15 is 0 Å². The molecule has 1 aromatic carbocycles. The molecule has 2 saturated heterocycles. The van der Waals surface area contributed by atoms with Crippen LogP contribution in [-0.2, 0) is 4.74 Å². The lowest BCUT2D eigenvalue weighted by Gasteiger charge is -2.48. The highest BCUT2D eigenvalue weighted by molar-refractivity contribution is 5.92. The van der Waals surface area contributed by atoms with E-state index in [-0.39, 0.29) is 29.9 Å². The highest BCUT2D eigenvalue weighted by Gasteiger charge is 2.38. The number of benzene rings is 1. The molecule has 7 heteroatoms. The van der Waals surface area contributed by atoms with Gasteiger partial charge in [0, 0.05) is 25.3 Å². The maximum Gasteiger partial charge on any atom is 0.272 e. The van der Waals surface area contributed by atoms with Gasteiger partial charge >= 0.3 is 0 Å². The van der Waals surface area contributed by atoms with Gasteiger partial charge in [-0.3, -0.25) is 9.69 Å². The predicted octanol–water partition coefficient (Wildman–Crippen LogP) is 2.08. The molecule has 148 valence electrons. The van der Waals surface area contributed by atoms with Crippen LogP contribution in [0.4, 0.5) is 5.95 Å². The van der Waals surface area contributed by atoms with Crippen LogP contribution in [0.3, 0.4) is 0 Å². The van der Waals surface area contributed by atoms with E-state index in [1.54, 1.807) is 6.07 Å². The number of morpholine rings is 1. The van der Waals surface area contributed by atoms with Gasteiger partial charge in [-0.05, 0) is 17.5 Å². The van der Waals surface area contributed by atoms with Crippen molar-refractivity contribution in [2.75, 3.05) is 38.6 Å². The average Bonchev–Trinajstić information content (AvgIpc) is 2.72. The number of hydrogen-bond acceptors (Lipinski definition) is 6. The molecular weight excluding hydrogens is 354 g/mol. The van der Waals surface area contributed by atoms with Gasteiger partial charge in [-0.2, -0.15) is 0 Å². The van der Waals surface area contributed by atoms with E-state index in [0.717, 1.165) is 12.2 Å². The molecule has 1 amide bonds. The lowest BCUT2D eigenvalue weighted by molar-refractivity contribution is -0.0770. The van der Waals surface area contributed by atoms with E-state index in [0.29, 0.717) is 32.0 Å². The Morgan fingerprint density at radius 3 is 2.71 bits per heavy atom. The van der Waals surface area contributed by atoms with Gasteiger partial charge < -0.3 is 15.4 Å². The maximum absolute atomic E-state index is 13.1. The minimum Gasteiger partial charge on any atom is -0.378 e. The lowest BCUT2D eigenvalue weighted by atomic mass is 10.00. The first kappa shape index (κ1) is 18.8. The topological polar surface area (TPSA) is 84.6 Å². The highest BCUT2D eigenvalue weighted by Crippen LogP contribution is 2.30. The van der Waals surface area contributed by atoms with E-state index in [9.17, 15) is 4.79 Å². The highest BCUT2D eigenvalue weighted by atomic mass is 16.5. The number of fused-ring (bicyclic) bond motifs is 1. The van der Waals surface area contributed by atoms with E-state index in [1.165, 1.54) is 5.56 Å². The van der Waals surface area contributed by atoms with Gasteiger partial charge in [0.25, 0.3) is 5.91 Å². The van der Waals surface area contributed by atoms with Crippen LogP contribution in [0.1, 0.15) is 47.6 Å². The van der Waals surface area contributed by atoms with Gasteiger partial charge in [-0.25, -0.2) is 9.97 Å². The fourth-order valence-electron chi connectivity index (χ4n) is 4.04. The maximum atomic E-state index is 13.1. The summed E-state index contributed by atoms with van der Waals surface area (Å²) in [5, 5.41) is 0. The number of amides is 1. The first-order valence-corrected chi connectivity index (χ1v) is 9.85.